The normalized spacial score (nSPS) is 49.0. The van der Waals surface area contributed by atoms with Gasteiger partial charge in [-0.25, -0.2) is 0 Å². The average molecular weight is 748 g/mol. The maximum atomic E-state index is 14.2. The van der Waals surface area contributed by atoms with Crippen molar-refractivity contribution in [2.75, 3.05) is 28.3 Å². The molecule has 3 rings (SSSR count). The summed E-state index contributed by atoms with van der Waals surface area (Å²) in [5.74, 6) is -4.47. The SMILES string of the molecule is CC[C@H]1OC(=O)[C@H](C)[C@@H](O[C@@H]2C[C@](C)(OC)[C@H](O)[C@@H](C)O2)[C@H](C)[C@@H](O[C@@H]2O[C@H](C)C[C@H](N(C)C)[C@H]2O)[C@](C)(OC)C[C@@H](C)C(=O)[C@H](C)[C@@H](O)[C@]1(C)O. The largest absolute Gasteiger partial charge is 0.459 e. The number of esters is 1. The third-order valence-electron chi connectivity index (χ3n) is 12.3. The second-order valence-corrected chi connectivity index (χ2v) is 16.6. The first-order chi connectivity index (χ1) is 24.0. The van der Waals surface area contributed by atoms with Gasteiger partial charge in [0.05, 0.1) is 47.6 Å². The minimum Gasteiger partial charge on any atom is -0.459 e. The standard InChI is InChI=1S/C38H69NO13/c1-15-26-38(10,45)31(42)21(4)28(40)19(2)17-37(9,47-14)33(52-35-29(41)25(39(11)12)16-20(3)48-35)22(5)30(23(6)34(44)50-26)51-27-18-36(8,46-13)32(43)24(7)49-27/h19-27,29-33,35,41-43,45H,15-18H2,1-14H3/t19-,20-,21+,22+,23-,24-,25+,26-,27-,29-,30+,31-,32-,33-,35+,36+,37-,38-/m1/s1. The third-order valence-corrected chi connectivity index (χ3v) is 12.3. The van der Waals surface area contributed by atoms with Gasteiger partial charge in [0.1, 0.15) is 29.7 Å². The van der Waals surface area contributed by atoms with E-state index in [2.05, 4.69) is 0 Å². The first-order valence-corrected chi connectivity index (χ1v) is 18.9. The Kier molecular flexibility index (Phi) is 15.3. The number of hydrogen-bond acceptors (Lipinski definition) is 14. The Hall–Kier alpha value is -1.30. The van der Waals surface area contributed by atoms with Crippen LogP contribution in [0.4, 0.5) is 0 Å². The van der Waals surface area contributed by atoms with Crippen molar-refractivity contribution < 1.29 is 63.2 Å². The van der Waals surface area contributed by atoms with E-state index in [1.54, 1.807) is 48.5 Å². The van der Waals surface area contributed by atoms with Crippen LogP contribution in [0.3, 0.4) is 0 Å². The van der Waals surface area contributed by atoms with E-state index >= 15 is 0 Å². The molecule has 3 heterocycles. The van der Waals surface area contributed by atoms with Crippen molar-refractivity contribution in [3.63, 3.8) is 0 Å². The summed E-state index contributed by atoms with van der Waals surface area (Å²) < 4.78 is 43.9. The molecule has 3 saturated heterocycles. The lowest BCUT2D eigenvalue weighted by Crippen LogP contribution is -2.61. The number of likely N-dealkylation sites (N-methyl/N-ethyl adjacent to an activating group) is 1. The minimum absolute atomic E-state index is 0.111. The van der Waals surface area contributed by atoms with E-state index in [1.165, 1.54) is 21.1 Å². The van der Waals surface area contributed by atoms with Gasteiger partial charge in [-0.1, -0.05) is 27.7 Å². The number of nitrogens with zero attached hydrogens (tertiary/aromatic N) is 1. The smallest absolute Gasteiger partial charge is 0.311 e. The topological polar surface area (TPSA) is 183 Å². The molecule has 0 amide bonds. The minimum atomic E-state index is -1.96. The molecule has 0 aromatic rings. The molecule has 0 spiro atoms. The number of carbonyl (C=O) groups excluding carboxylic acids is 2. The molecule has 0 saturated carbocycles. The van der Waals surface area contributed by atoms with E-state index in [0.29, 0.717) is 6.42 Å². The fraction of sp³-hybridized carbons (Fsp3) is 0.947. The number of ketones is 1. The molecule has 3 aliphatic heterocycles. The van der Waals surface area contributed by atoms with Crippen LogP contribution in [-0.4, -0.2) is 150 Å². The number of Topliss-reactive ketones (excluding diaryl/α,β-unsaturated/α-hetero) is 1. The van der Waals surface area contributed by atoms with E-state index in [1.807, 2.05) is 32.8 Å². The van der Waals surface area contributed by atoms with Crippen LogP contribution in [0.5, 0.6) is 0 Å². The van der Waals surface area contributed by atoms with Gasteiger partial charge in [-0.15, -0.1) is 0 Å². The molecule has 3 aliphatic rings. The molecule has 0 unspecified atom stereocenters. The van der Waals surface area contributed by atoms with Gasteiger partial charge >= 0.3 is 5.97 Å². The molecule has 4 N–H and O–H groups in total. The first kappa shape index (κ1) is 45.1. The van der Waals surface area contributed by atoms with Crippen LogP contribution in [0, 0.1) is 23.7 Å². The van der Waals surface area contributed by atoms with Crippen molar-refractivity contribution in [1.82, 2.24) is 4.90 Å². The van der Waals surface area contributed by atoms with Gasteiger partial charge in [-0.3, -0.25) is 9.59 Å². The number of ether oxygens (including phenoxy) is 7. The predicted octanol–water partition coefficient (Wildman–Crippen LogP) is 2.44. The Morgan fingerprint density at radius 1 is 0.846 bits per heavy atom. The summed E-state index contributed by atoms with van der Waals surface area (Å²) >= 11 is 0. The highest BCUT2D eigenvalue weighted by Gasteiger charge is 2.54. The summed E-state index contributed by atoms with van der Waals surface area (Å²) in [5, 5.41) is 45.6. The number of carbonyl (C=O) groups is 2. The second kappa shape index (κ2) is 17.7. The maximum absolute atomic E-state index is 14.2. The van der Waals surface area contributed by atoms with Crippen LogP contribution in [0.15, 0.2) is 0 Å². The summed E-state index contributed by atoms with van der Waals surface area (Å²) in [6, 6.07) is -0.283. The summed E-state index contributed by atoms with van der Waals surface area (Å²) in [6.07, 6.45) is -8.73. The molecule has 52 heavy (non-hydrogen) atoms. The van der Waals surface area contributed by atoms with Gasteiger partial charge in [0, 0.05) is 44.4 Å². The van der Waals surface area contributed by atoms with E-state index in [9.17, 15) is 30.0 Å². The number of methoxy groups -OCH3 is 2. The van der Waals surface area contributed by atoms with Crippen LogP contribution < -0.4 is 0 Å². The van der Waals surface area contributed by atoms with Gasteiger partial charge in [0.25, 0.3) is 0 Å². The van der Waals surface area contributed by atoms with Gasteiger partial charge < -0.3 is 58.5 Å². The van der Waals surface area contributed by atoms with E-state index in [4.69, 9.17) is 33.2 Å². The Morgan fingerprint density at radius 2 is 1.44 bits per heavy atom. The number of aliphatic hydroxyl groups is 4. The van der Waals surface area contributed by atoms with Crippen LogP contribution in [-0.2, 0) is 42.7 Å². The summed E-state index contributed by atoms with van der Waals surface area (Å²) in [7, 11) is 6.77. The van der Waals surface area contributed by atoms with Crippen molar-refractivity contribution in [1.29, 1.82) is 0 Å². The lowest BCUT2D eigenvalue weighted by atomic mass is 9.74. The maximum Gasteiger partial charge on any atom is 0.311 e. The number of cyclic esters (lactones) is 1. The molecular formula is C38H69NO13. The van der Waals surface area contributed by atoms with Crippen molar-refractivity contribution in [3.8, 4) is 0 Å². The van der Waals surface area contributed by atoms with Gasteiger partial charge in [-0.2, -0.15) is 0 Å². The summed E-state index contributed by atoms with van der Waals surface area (Å²) in [5.41, 5.74) is -4.24. The zero-order valence-corrected chi connectivity index (χ0v) is 33.9. The average Bonchev–Trinajstić information content (AvgIpc) is 3.09. The molecule has 0 aliphatic carbocycles. The van der Waals surface area contributed by atoms with E-state index < -0.39 is 102 Å². The Balaban J connectivity index is 2.22. The van der Waals surface area contributed by atoms with Gasteiger partial charge in [0.2, 0.25) is 0 Å². The van der Waals surface area contributed by atoms with Crippen LogP contribution in [0.25, 0.3) is 0 Å². The quantitative estimate of drug-likeness (QED) is 0.266. The van der Waals surface area contributed by atoms with Crippen molar-refractivity contribution in [2.24, 2.45) is 23.7 Å². The Morgan fingerprint density at radius 3 is 1.98 bits per heavy atom. The zero-order valence-electron chi connectivity index (χ0n) is 33.9. The van der Waals surface area contributed by atoms with Crippen molar-refractivity contribution >= 4 is 11.8 Å². The fourth-order valence-corrected chi connectivity index (χ4v) is 8.58. The third kappa shape index (κ3) is 9.38. The monoisotopic (exact) mass is 747 g/mol. The predicted molar refractivity (Wildman–Crippen MR) is 191 cm³/mol. The van der Waals surface area contributed by atoms with Crippen molar-refractivity contribution in [2.45, 2.75) is 179 Å². The fourth-order valence-electron chi connectivity index (χ4n) is 8.58. The highest BCUT2D eigenvalue weighted by Crippen LogP contribution is 2.41. The summed E-state index contributed by atoms with van der Waals surface area (Å²) in [6.45, 7) is 17.1. The molecule has 0 radical (unpaired) electrons. The molecule has 3 fully saturated rings. The molecule has 0 aromatic carbocycles. The van der Waals surface area contributed by atoms with Crippen LogP contribution in [0.2, 0.25) is 0 Å². The highest BCUT2D eigenvalue weighted by atomic mass is 16.7. The molecule has 304 valence electrons. The highest BCUT2D eigenvalue weighted by molar-refractivity contribution is 5.83. The molecule has 0 aromatic heterocycles. The first-order valence-electron chi connectivity index (χ1n) is 18.9. The molecular weight excluding hydrogens is 678 g/mol. The number of aliphatic hydroxyl groups excluding tert-OH is 3. The van der Waals surface area contributed by atoms with Crippen molar-refractivity contribution in [3.05, 3.63) is 0 Å². The molecule has 14 nitrogen and oxygen atoms in total. The lowest BCUT2D eigenvalue weighted by molar-refractivity contribution is -0.319. The van der Waals surface area contributed by atoms with E-state index in [0.717, 1.165) is 0 Å². The Bertz CT molecular complexity index is 1190. The second-order valence-electron chi connectivity index (χ2n) is 16.6. The van der Waals surface area contributed by atoms with Gasteiger partial charge in [-0.05, 0) is 74.9 Å². The van der Waals surface area contributed by atoms with Gasteiger partial charge in [0.15, 0.2) is 12.6 Å². The zero-order chi connectivity index (χ0) is 39.7. The molecule has 0 bridgehead atoms. The Labute approximate surface area is 310 Å². The van der Waals surface area contributed by atoms with Crippen LogP contribution >= 0.6 is 0 Å². The van der Waals surface area contributed by atoms with Crippen LogP contribution in [0.1, 0.15) is 94.9 Å². The number of rotatable bonds is 8. The van der Waals surface area contributed by atoms with E-state index in [-0.39, 0.29) is 37.2 Å². The lowest BCUT2D eigenvalue weighted by Gasteiger charge is -2.50. The molecule has 14 heteroatoms. The number of hydrogen-bond donors (Lipinski definition) is 4. The molecule has 18 atom stereocenters. The summed E-state index contributed by atoms with van der Waals surface area (Å²) in [4.78, 5) is 30.1.